The highest BCUT2D eigenvalue weighted by Crippen LogP contribution is 2.27. The highest BCUT2D eigenvalue weighted by atomic mass is 32.2. The van der Waals surface area contributed by atoms with E-state index in [0.717, 1.165) is 11.1 Å². The van der Waals surface area contributed by atoms with Crippen LogP contribution in [0.25, 0.3) is 6.08 Å². The predicted octanol–water partition coefficient (Wildman–Crippen LogP) is 4.81. The summed E-state index contributed by atoms with van der Waals surface area (Å²) in [5, 5.41) is 5.77. The maximum atomic E-state index is 12.9. The molecule has 0 unspecified atom stereocenters. The van der Waals surface area contributed by atoms with Gasteiger partial charge < -0.3 is 4.74 Å². The second-order valence-electron chi connectivity index (χ2n) is 9.68. The number of ether oxygens (including phenoxy) is 1. The van der Waals surface area contributed by atoms with Gasteiger partial charge in [0.2, 0.25) is 10.0 Å². The number of sulfonamides is 1. The fraction of sp³-hybridized carbons (Fsp3) is 0.233. The number of hydrogen-bond acceptors (Lipinski definition) is 6. The minimum atomic E-state index is -3.59. The molecule has 2 aliphatic heterocycles. The third-order valence-corrected chi connectivity index (χ3v) is 8.83. The Hall–Kier alpha value is -4.08. The lowest BCUT2D eigenvalue weighted by Crippen LogP contribution is -2.41. The van der Waals surface area contributed by atoms with Crippen LogP contribution in [0.1, 0.15) is 30.9 Å². The number of anilines is 1. The average Bonchev–Trinajstić information content (AvgIpc) is 3.23. The largest absolute Gasteiger partial charge is 0.426 e. The number of carbonyl (C=O) groups is 2. The fourth-order valence-electron chi connectivity index (χ4n) is 4.62. The normalized spacial score (nSPS) is 17.9. The van der Waals surface area contributed by atoms with Crippen molar-refractivity contribution in [2.24, 2.45) is 11.0 Å². The van der Waals surface area contributed by atoms with E-state index in [1.54, 1.807) is 61.5 Å². The van der Waals surface area contributed by atoms with Crippen molar-refractivity contribution in [1.82, 2.24) is 4.31 Å². The van der Waals surface area contributed by atoms with Gasteiger partial charge in [0.1, 0.15) is 5.75 Å². The van der Waals surface area contributed by atoms with Gasteiger partial charge in [0.05, 0.1) is 27.8 Å². The highest BCUT2D eigenvalue weighted by Gasteiger charge is 2.33. The van der Waals surface area contributed by atoms with Crippen molar-refractivity contribution in [3.63, 3.8) is 0 Å². The van der Waals surface area contributed by atoms with Gasteiger partial charge in [-0.3, -0.25) is 9.59 Å². The molecule has 2 heterocycles. The maximum absolute atomic E-state index is 12.9. The van der Waals surface area contributed by atoms with Crippen molar-refractivity contribution in [3.05, 3.63) is 95.6 Å². The molecule has 2 aliphatic rings. The Bertz CT molecular complexity index is 1540. The van der Waals surface area contributed by atoms with Gasteiger partial charge in [-0.1, -0.05) is 48.0 Å². The molecule has 0 saturated carbocycles. The van der Waals surface area contributed by atoms with E-state index in [-0.39, 0.29) is 35.8 Å². The zero-order valence-corrected chi connectivity index (χ0v) is 22.6. The van der Waals surface area contributed by atoms with Gasteiger partial charge in [0.15, 0.2) is 0 Å². The summed E-state index contributed by atoms with van der Waals surface area (Å²) in [6, 6.07) is 22.9. The molecule has 5 rings (SSSR count). The second-order valence-corrected chi connectivity index (χ2v) is 11.6. The van der Waals surface area contributed by atoms with E-state index in [4.69, 9.17) is 4.74 Å². The molecule has 0 aliphatic carbocycles. The molecule has 0 spiro atoms. The van der Waals surface area contributed by atoms with Crippen LogP contribution >= 0.6 is 0 Å². The van der Waals surface area contributed by atoms with E-state index >= 15 is 0 Å². The van der Waals surface area contributed by atoms with Gasteiger partial charge in [-0.15, -0.1) is 0 Å². The molecule has 0 bridgehead atoms. The Morgan fingerprint density at radius 2 is 1.56 bits per heavy atom. The predicted molar refractivity (Wildman–Crippen MR) is 150 cm³/mol. The van der Waals surface area contributed by atoms with Crippen molar-refractivity contribution in [3.8, 4) is 5.75 Å². The van der Waals surface area contributed by atoms with Crippen LogP contribution < -0.4 is 9.75 Å². The fourth-order valence-corrected chi connectivity index (χ4v) is 6.09. The van der Waals surface area contributed by atoms with E-state index < -0.39 is 10.0 Å². The zero-order chi connectivity index (χ0) is 27.6. The van der Waals surface area contributed by atoms with Gasteiger partial charge in [-0.05, 0) is 74.7 Å². The number of esters is 1. The monoisotopic (exact) mass is 543 g/mol. The van der Waals surface area contributed by atoms with Gasteiger partial charge in [-0.2, -0.15) is 14.4 Å². The quantitative estimate of drug-likeness (QED) is 0.253. The third kappa shape index (κ3) is 5.69. The van der Waals surface area contributed by atoms with Crippen LogP contribution in [0.3, 0.4) is 0 Å². The number of piperidine rings is 1. The average molecular weight is 544 g/mol. The summed E-state index contributed by atoms with van der Waals surface area (Å²) in [6.45, 7) is 4.22. The minimum absolute atomic E-state index is 0.204. The molecule has 0 aromatic heterocycles. The summed E-state index contributed by atoms with van der Waals surface area (Å²) < 4.78 is 32.9. The molecule has 1 saturated heterocycles. The van der Waals surface area contributed by atoms with Crippen molar-refractivity contribution >= 4 is 39.4 Å². The SMILES string of the molecule is CC1=NN(c2ccccc2)C(=O)C1=Cc1ccc(OC(=O)C2CCN(S(=O)(=O)c3ccc(C)cc3)CC2)cc1. The zero-order valence-electron chi connectivity index (χ0n) is 21.8. The van der Waals surface area contributed by atoms with Crippen LogP contribution in [0.5, 0.6) is 5.75 Å². The number of aryl methyl sites for hydroxylation is 1. The molecule has 0 atom stereocenters. The summed E-state index contributed by atoms with van der Waals surface area (Å²) in [5.41, 5.74) is 3.58. The number of nitrogens with zero attached hydrogens (tertiary/aromatic N) is 3. The first kappa shape index (κ1) is 26.5. The van der Waals surface area contributed by atoms with Crippen LogP contribution in [0.4, 0.5) is 5.69 Å². The highest BCUT2D eigenvalue weighted by molar-refractivity contribution is 7.89. The summed E-state index contributed by atoms with van der Waals surface area (Å²) in [7, 11) is -3.59. The lowest BCUT2D eigenvalue weighted by Gasteiger charge is -2.30. The van der Waals surface area contributed by atoms with Crippen molar-refractivity contribution in [2.45, 2.75) is 31.6 Å². The first-order valence-electron chi connectivity index (χ1n) is 12.8. The van der Waals surface area contributed by atoms with E-state index in [1.165, 1.54) is 9.31 Å². The van der Waals surface area contributed by atoms with Crippen LogP contribution in [-0.2, 0) is 19.6 Å². The molecule has 3 aromatic rings. The molecule has 1 amide bonds. The molecule has 200 valence electrons. The molecular formula is C30H29N3O5S. The van der Waals surface area contributed by atoms with Crippen LogP contribution in [0.2, 0.25) is 0 Å². The molecule has 3 aromatic carbocycles. The minimum Gasteiger partial charge on any atom is -0.426 e. The number of benzene rings is 3. The van der Waals surface area contributed by atoms with E-state index in [0.29, 0.717) is 35.6 Å². The molecule has 39 heavy (non-hydrogen) atoms. The lowest BCUT2D eigenvalue weighted by molar-refractivity contribution is -0.140. The first-order chi connectivity index (χ1) is 18.7. The van der Waals surface area contributed by atoms with Crippen LogP contribution in [0, 0.1) is 12.8 Å². The maximum Gasteiger partial charge on any atom is 0.314 e. The molecule has 0 radical (unpaired) electrons. The Morgan fingerprint density at radius 3 is 2.21 bits per heavy atom. The van der Waals surface area contributed by atoms with Crippen molar-refractivity contribution in [2.75, 3.05) is 18.1 Å². The Labute approximate surface area is 228 Å². The summed E-state index contributed by atoms with van der Waals surface area (Å²) in [5.74, 6) is -0.563. The van der Waals surface area contributed by atoms with Gasteiger partial charge in [0.25, 0.3) is 5.91 Å². The molecule has 0 N–H and O–H groups in total. The van der Waals surface area contributed by atoms with E-state index in [1.807, 2.05) is 37.3 Å². The van der Waals surface area contributed by atoms with E-state index in [9.17, 15) is 18.0 Å². The second kappa shape index (κ2) is 11.0. The van der Waals surface area contributed by atoms with Crippen LogP contribution in [0.15, 0.2) is 94.4 Å². The van der Waals surface area contributed by atoms with Gasteiger partial charge in [-0.25, -0.2) is 8.42 Å². The lowest BCUT2D eigenvalue weighted by atomic mass is 9.98. The summed E-state index contributed by atoms with van der Waals surface area (Å²) in [4.78, 5) is 26.0. The van der Waals surface area contributed by atoms with Crippen molar-refractivity contribution < 1.29 is 22.7 Å². The number of hydrogen-bond donors (Lipinski definition) is 0. The van der Waals surface area contributed by atoms with Crippen molar-refractivity contribution in [1.29, 1.82) is 0 Å². The summed E-state index contributed by atoms with van der Waals surface area (Å²) >= 11 is 0. The molecule has 8 nitrogen and oxygen atoms in total. The summed E-state index contributed by atoms with van der Waals surface area (Å²) in [6.07, 6.45) is 2.55. The Morgan fingerprint density at radius 1 is 0.923 bits per heavy atom. The number of amides is 1. The Kier molecular flexibility index (Phi) is 7.45. The van der Waals surface area contributed by atoms with Gasteiger partial charge >= 0.3 is 5.97 Å². The standard InChI is InChI=1S/C30H29N3O5S/c1-21-8-14-27(15-9-21)39(36,37)32-18-16-24(17-19-32)30(35)38-26-12-10-23(11-13-26)20-28-22(2)31-33(29(28)34)25-6-4-3-5-7-25/h3-15,20,24H,16-19H2,1-2H3. The van der Waals surface area contributed by atoms with Crippen LogP contribution in [-0.4, -0.2) is 43.4 Å². The van der Waals surface area contributed by atoms with Gasteiger partial charge in [0, 0.05) is 13.1 Å². The number of rotatable bonds is 6. The molecule has 9 heteroatoms. The van der Waals surface area contributed by atoms with E-state index in [2.05, 4.69) is 5.10 Å². The smallest absolute Gasteiger partial charge is 0.314 e. The first-order valence-corrected chi connectivity index (χ1v) is 14.2. The number of carbonyl (C=O) groups excluding carboxylic acids is 2. The topological polar surface area (TPSA) is 96.3 Å². The number of hydrazone groups is 1. The molecule has 1 fully saturated rings. The number of para-hydroxylation sites is 1. The third-order valence-electron chi connectivity index (χ3n) is 6.92. The molecular weight excluding hydrogens is 514 g/mol. The Balaban J connectivity index is 1.18.